The van der Waals surface area contributed by atoms with E-state index in [0.29, 0.717) is 19.6 Å². The molecule has 2 rings (SSSR count). The van der Waals surface area contributed by atoms with E-state index in [-0.39, 0.29) is 11.7 Å². The molecule has 0 fully saturated rings. The van der Waals surface area contributed by atoms with Crippen LogP contribution in [0.5, 0.6) is 5.75 Å². The summed E-state index contributed by atoms with van der Waals surface area (Å²) in [5.41, 5.74) is 2.80. The van der Waals surface area contributed by atoms with Crippen LogP contribution < -0.4 is 0 Å². The number of aromatic hydroxyl groups is 1. The number of benzene rings is 2. The minimum absolute atomic E-state index is 0.158. The molecular weight excluding hydrogens is 330 g/mol. The van der Waals surface area contributed by atoms with Crippen LogP contribution >= 0.6 is 0 Å². The number of carbonyl (C=O) groups excluding carboxylic acids is 1. The van der Waals surface area contributed by atoms with Crippen molar-refractivity contribution >= 4 is 11.7 Å². The number of nitrogens with zero attached hydrogens (tertiary/aromatic N) is 1. The Morgan fingerprint density at radius 1 is 1.00 bits per heavy atom. The van der Waals surface area contributed by atoms with Crippen LogP contribution in [0.2, 0.25) is 0 Å². The number of phenolic OH excluding ortho intramolecular Hbond substituents is 1. The van der Waals surface area contributed by atoms with Crippen LogP contribution in [0.3, 0.4) is 0 Å². The van der Waals surface area contributed by atoms with Gasteiger partial charge in [0.1, 0.15) is 12.4 Å². The standard InChI is InChI=1S/C21H25NO4/c1-2-25-21(24)11-7-6-10-20(18-8-4-3-5-9-18)22-26-16-17-12-14-19(23)15-13-17/h3-5,8-9,12-15,23H,2,6-7,10-11,16H2,1H3/b22-20-. The molecule has 0 aliphatic rings. The number of phenols is 1. The van der Waals surface area contributed by atoms with Crippen molar-refractivity contribution in [3.05, 3.63) is 65.7 Å². The summed E-state index contributed by atoms with van der Waals surface area (Å²) in [6.45, 7) is 2.56. The minimum Gasteiger partial charge on any atom is -0.508 e. The number of ether oxygens (including phenoxy) is 1. The van der Waals surface area contributed by atoms with Gasteiger partial charge in [-0.25, -0.2) is 0 Å². The van der Waals surface area contributed by atoms with Gasteiger partial charge in [0.25, 0.3) is 0 Å². The molecular formula is C21H25NO4. The van der Waals surface area contributed by atoms with E-state index in [2.05, 4.69) is 5.16 Å². The molecule has 138 valence electrons. The van der Waals surface area contributed by atoms with Crippen molar-refractivity contribution in [3.63, 3.8) is 0 Å². The number of esters is 1. The van der Waals surface area contributed by atoms with Gasteiger partial charge in [-0.3, -0.25) is 4.79 Å². The van der Waals surface area contributed by atoms with Crippen molar-refractivity contribution in [1.29, 1.82) is 0 Å². The molecule has 0 spiro atoms. The Labute approximate surface area is 154 Å². The first kappa shape index (κ1) is 19.5. The fourth-order valence-electron chi connectivity index (χ4n) is 2.45. The first-order valence-corrected chi connectivity index (χ1v) is 8.87. The zero-order chi connectivity index (χ0) is 18.6. The molecule has 0 aliphatic carbocycles. The molecule has 26 heavy (non-hydrogen) atoms. The summed E-state index contributed by atoms with van der Waals surface area (Å²) in [5.74, 6) is 0.0677. The monoisotopic (exact) mass is 355 g/mol. The molecule has 2 aromatic carbocycles. The third-order valence-electron chi connectivity index (χ3n) is 3.80. The maximum absolute atomic E-state index is 11.4. The Balaban J connectivity index is 1.91. The normalized spacial score (nSPS) is 11.2. The summed E-state index contributed by atoms with van der Waals surface area (Å²) in [4.78, 5) is 16.9. The molecule has 0 aliphatic heterocycles. The summed E-state index contributed by atoms with van der Waals surface area (Å²) in [5, 5.41) is 13.6. The number of unbranched alkanes of at least 4 members (excludes halogenated alkanes) is 1. The van der Waals surface area contributed by atoms with Gasteiger partial charge in [-0.1, -0.05) is 47.6 Å². The van der Waals surface area contributed by atoms with Crippen LogP contribution in [0.4, 0.5) is 0 Å². The molecule has 0 amide bonds. The summed E-state index contributed by atoms with van der Waals surface area (Å²) >= 11 is 0. The predicted molar refractivity (Wildman–Crippen MR) is 101 cm³/mol. The van der Waals surface area contributed by atoms with E-state index in [9.17, 15) is 9.90 Å². The second kappa shape index (κ2) is 10.9. The van der Waals surface area contributed by atoms with Crippen molar-refractivity contribution in [2.45, 2.75) is 39.2 Å². The molecule has 1 N–H and O–H groups in total. The molecule has 0 atom stereocenters. The van der Waals surface area contributed by atoms with Crippen molar-refractivity contribution in [2.75, 3.05) is 6.61 Å². The lowest BCUT2D eigenvalue weighted by molar-refractivity contribution is -0.143. The first-order chi connectivity index (χ1) is 12.7. The maximum Gasteiger partial charge on any atom is 0.305 e. The van der Waals surface area contributed by atoms with Crippen molar-refractivity contribution < 1.29 is 19.5 Å². The maximum atomic E-state index is 11.4. The van der Waals surface area contributed by atoms with Gasteiger partial charge in [-0.2, -0.15) is 0 Å². The zero-order valence-corrected chi connectivity index (χ0v) is 15.1. The Kier molecular flexibility index (Phi) is 8.19. The number of hydrogen-bond donors (Lipinski definition) is 1. The summed E-state index contributed by atoms with van der Waals surface area (Å²) in [7, 11) is 0. The highest BCUT2D eigenvalue weighted by Gasteiger charge is 2.07. The lowest BCUT2D eigenvalue weighted by Crippen LogP contribution is -2.05. The van der Waals surface area contributed by atoms with Crippen LogP contribution in [-0.4, -0.2) is 23.4 Å². The van der Waals surface area contributed by atoms with Crippen LogP contribution in [0.25, 0.3) is 0 Å². The number of hydrogen-bond acceptors (Lipinski definition) is 5. The second-order valence-corrected chi connectivity index (χ2v) is 5.86. The van der Waals surface area contributed by atoms with E-state index in [1.807, 2.05) is 37.3 Å². The van der Waals surface area contributed by atoms with E-state index >= 15 is 0 Å². The molecule has 0 aromatic heterocycles. The van der Waals surface area contributed by atoms with E-state index in [4.69, 9.17) is 9.57 Å². The molecule has 5 heteroatoms. The Hall–Kier alpha value is -2.82. The average Bonchev–Trinajstić information content (AvgIpc) is 2.66. The molecule has 0 heterocycles. The van der Waals surface area contributed by atoms with Crippen molar-refractivity contribution in [3.8, 4) is 5.75 Å². The second-order valence-electron chi connectivity index (χ2n) is 5.86. The third kappa shape index (κ3) is 6.97. The van der Waals surface area contributed by atoms with Crippen LogP contribution in [0, 0.1) is 0 Å². The van der Waals surface area contributed by atoms with Gasteiger partial charge in [-0.15, -0.1) is 0 Å². The van der Waals surface area contributed by atoms with Crippen LogP contribution in [-0.2, 0) is 21.0 Å². The van der Waals surface area contributed by atoms with E-state index in [0.717, 1.165) is 36.1 Å². The number of rotatable bonds is 10. The highest BCUT2D eigenvalue weighted by molar-refractivity contribution is 6.00. The number of carbonyl (C=O) groups is 1. The molecule has 0 saturated heterocycles. The predicted octanol–water partition coefficient (Wildman–Crippen LogP) is 4.44. The van der Waals surface area contributed by atoms with Gasteiger partial charge >= 0.3 is 5.97 Å². The van der Waals surface area contributed by atoms with E-state index < -0.39 is 0 Å². The molecule has 0 bridgehead atoms. The Morgan fingerprint density at radius 3 is 2.38 bits per heavy atom. The van der Waals surface area contributed by atoms with Gasteiger partial charge in [0.15, 0.2) is 0 Å². The number of oxime groups is 1. The van der Waals surface area contributed by atoms with Crippen LogP contribution in [0.1, 0.15) is 43.7 Å². The summed E-state index contributed by atoms with van der Waals surface area (Å²) in [6.07, 6.45) is 2.72. The van der Waals surface area contributed by atoms with E-state index in [1.54, 1.807) is 24.3 Å². The van der Waals surface area contributed by atoms with Crippen LogP contribution in [0.15, 0.2) is 59.8 Å². The highest BCUT2D eigenvalue weighted by Crippen LogP contribution is 2.13. The first-order valence-electron chi connectivity index (χ1n) is 8.87. The molecule has 2 aromatic rings. The lowest BCUT2D eigenvalue weighted by atomic mass is 10.0. The SMILES string of the molecule is CCOC(=O)CCCC/C(=N/OCc1ccc(O)cc1)c1ccccc1. The summed E-state index contributed by atoms with van der Waals surface area (Å²) < 4.78 is 4.94. The highest BCUT2D eigenvalue weighted by atomic mass is 16.6. The van der Waals surface area contributed by atoms with Crippen molar-refractivity contribution in [1.82, 2.24) is 0 Å². The summed E-state index contributed by atoms with van der Waals surface area (Å²) in [6, 6.07) is 16.7. The molecule has 0 saturated carbocycles. The van der Waals surface area contributed by atoms with Crippen molar-refractivity contribution in [2.24, 2.45) is 5.16 Å². The molecule has 5 nitrogen and oxygen atoms in total. The Bertz CT molecular complexity index is 696. The smallest absolute Gasteiger partial charge is 0.305 e. The van der Waals surface area contributed by atoms with Gasteiger partial charge in [0.05, 0.1) is 12.3 Å². The Morgan fingerprint density at radius 2 is 1.69 bits per heavy atom. The van der Waals surface area contributed by atoms with Gasteiger partial charge in [-0.05, 0) is 49.4 Å². The van der Waals surface area contributed by atoms with Gasteiger partial charge in [0.2, 0.25) is 0 Å². The third-order valence-corrected chi connectivity index (χ3v) is 3.80. The zero-order valence-electron chi connectivity index (χ0n) is 15.1. The van der Waals surface area contributed by atoms with Gasteiger partial charge < -0.3 is 14.7 Å². The topological polar surface area (TPSA) is 68.1 Å². The fourth-order valence-corrected chi connectivity index (χ4v) is 2.45. The average molecular weight is 355 g/mol. The quantitative estimate of drug-likeness (QED) is 0.296. The fraction of sp³-hybridized carbons (Fsp3) is 0.333. The largest absolute Gasteiger partial charge is 0.508 e. The lowest BCUT2D eigenvalue weighted by Gasteiger charge is -2.08. The minimum atomic E-state index is -0.158. The molecule has 0 radical (unpaired) electrons. The van der Waals surface area contributed by atoms with E-state index in [1.165, 1.54) is 0 Å². The molecule has 0 unspecified atom stereocenters. The van der Waals surface area contributed by atoms with Gasteiger partial charge in [0, 0.05) is 6.42 Å².